The molecule has 0 aliphatic carbocycles. The Labute approximate surface area is 450 Å². The van der Waals surface area contributed by atoms with Gasteiger partial charge in [-0.1, -0.05) is 63.2 Å². The second-order valence-electron chi connectivity index (χ2n) is 23.3. The molecule has 0 radical (unpaired) electrons. The Morgan fingerprint density at radius 3 is 2.31 bits per heavy atom. The van der Waals surface area contributed by atoms with Crippen molar-refractivity contribution in [2.24, 2.45) is 23.7 Å². The van der Waals surface area contributed by atoms with E-state index in [-0.39, 0.29) is 31.3 Å². The molecule has 0 amide bonds. The zero-order chi connectivity index (χ0) is 55.3. The molecule has 75 heavy (non-hydrogen) atoms. The highest BCUT2D eigenvalue weighted by Gasteiger charge is 2.55. The van der Waals surface area contributed by atoms with Crippen LogP contribution in [0.1, 0.15) is 130 Å². The number of aliphatic hydroxyl groups excluding tert-OH is 3. The van der Waals surface area contributed by atoms with Gasteiger partial charge >= 0.3 is 5.97 Å². The standard InChI is InChI=1S/C56H92FN5O12S/c1-15-45-56(10,68)49(64)36(6)61(12)30-32(2)27-54(8,67)51(34(4)46(35(5)52(66)73-45)44-28-55(9,70-14)50(65)37(7)72-44)74-53-47(63)42(26-33(3)71-53)60(11)23-20-41-31-62(59-58-41)43(29-57)48(69-13)40-18-16-38(17-19-40)39-21-24-75-25-22-39/h16-19,21,31-37,42-51,53,63-65,67-68H,15,20,22-30H2,1-14H3/t32-,33-,34+,35-,36-,37+,42+,43-,44?,45-,46+,47-,48-,49-,50+,51-,53+,54-,55-,56-/m1/s1. The molecule has 17 nitrogen and oxygen atoms in total. The van der Waals surface area contributed by atoms with Crippen molar-refractivity contribution >= 4 is 23.3 Å². The highest BCUT2D eigenvalue weighted by molar-refractivity contribution is 7.99. The SMILES string of the molecule is CC[C@H]1OC(=O)[C@H](C)[C@@H](C2C[C@@](C)(OC)[C@@H](O)[C@H](C)O2)[C@H](C)[C@@H](O[C@@H]2O[C@H](C)C[C@H](N(C)CCc3cn([C@H](CF)[C@H](OC)c4ccc(C5=CCSCC5)cc4)nn3)[C@H]2O)[C@](C)(O)C[C@@H](C)CN(C)[C@H](C)[C@@H](O)[C@]1(C)O. The summed E-state index contributed by atoms with van der Waals surface area (Å²) in [4.78, 5) is 18.6. The van der Waals surface area contributed by atoms with Gasteiger partial charge in [0, 0.05) is 70.1 Å². The van der Waals surface area contributed by atoms with Crippen molar-refractivity contribution in [3.8, 4) is 0 Å². The number of halogens is 1. The molecule has 3 saturated heterocycles. The van der Waals surface area contributed by atoms with Crippen LogP contribution in [0.15, 0.2) is 36.5 Å². The van der Waals surface area contributed by atoms with Crippen molar-refractivity contribution in [1.29, 1.82) is 0 Å². The number of rotatable bonds is 15. The van der Waals surface area contributed by atoms with Gasteiger partial charge in [-0.15, -0.1) is 5.10 Å². The molecule has 4 aliphatic heterocycles. The zero-order valence-corrected chi connectivity index (χ0v) is 48.0. The van der Waals surface area contributed by atoms with Crippen molar-refractivity contribution in [3.05, 3.63) is 53.4 Å². The molecule has 0 bridgehead atoms. The Kier molecular flexibility index (Phi) is 21.4. The molecule has 6 rings (SSSR count). The number of aliphatic hydroxyl groups is 5. The monoisotopic (exact) mass is 1080 g/mol. The van der Waals surface area contributed by atoms with Crippen molar-refractivity contribution in [1.82, 2.24) is 24.8 Å². The predicted octanol–water partition coefficient (Wildman–Crippen LogP) is 5.80. The first-order chi connectivity index (χ1) is 35.3. The smallest absolute Gasteiger partial charge is 0.309 e. The van der Waals surface area contributed by atoms with Gasteiger partial charge in [-0.3, -0.25) is 4.79 Å². The second kappa shape index (κ2) is 26.1. The van der Waals surface area contributed by atoms with Crippen LogP contribution in [0, 0.1) is 23.7 Å². The van der Waals surface area contributed by atoms with Gasteiger partial charge in [0.25, 0.3) is 0 Å². The molecular weight excluding hydrogens is 986 g/mol. The minimum Gasteiger partial charge on any atom is -0.459 e. The van der Waals surface area contributed by atoms with Gasteiger partial charge in [0.2, 0.25) is 0 Å². The molecule has 4 aliphatic rings. The van der Waals surface area contributed by atoms with Gasteiger partial charge in [-0.2, -0.15) is 11.8 Å². The largest absolute Gasteiger partial charge is 0.459 e. The van der Waals surface area contributed by atoms with E-state index in [0.717, 1.165) is 29.1 Å². The summed E-state index contributed by atoms with van der Waals surface area (Å²) < 4.78 is 54.6. The number of methoxy groups -OCH3 is 2. The van der Waals surface area contributed by atoms with Crippen LogP contribution in [-0.4, -0.2) is 200 Å². The van der Waals surface area contributed by atoms with E-state index in [1.807, 2.05) is 75.5 Å². The molecule has 1 aromatic heterocycles. The third-order valence-electron chi connectivity index (χ3n) is 17.4. The minimum atomic E-state index is -1.83. The maximum absolute atomic E-state index is 14.9. The quantitative estimate of drug-likeness (QED) is 0.134. The average molecular weight is 1080 g/mol. The fraction of sp³-hybridized carbons (Fsp3) is 0.804. The van der Waals surface area contributed by atoms with Crippen LogP contribution in [0.4, 0.5) is 4.39 Å². The summed E-state index contributed by atoms with van der Waals surface area (Å²) in [7, 11) is 6.86. The number of aromatic nitrogens is 3. The summed E-state index contributed by atoms with van der Waals surface area (Å²) in [6.45, 7) is 18.0. The third kappa shape index (κ3) is 14.0. The van der Waals surface area contributed by atoms with Crippen LogP contribution in [0.2, 0.25) is 0 Å². The molecule has 1 aromatic carbocycles. The highest BCUT2D eigenvalue weighted by Crippen LogP contribution is 2.45. The number of thioether (sulfide) groups is 1. The molecule has 5 heterocycles. The van der Waals surface area contributed by atoms with E-state index in [4.69, 9.17) is 28.4 Å². The van der Waals surface area contributed by atoms with E-state index in [2.05, 4.69) is 28.5 Å². The highest BCUT2D eigenvalue weighted by atomic mass is 32.2. The first-order valence-corrected chi connectivity index (χ1v) is 28.5. The fourth-order valence-corrected chi connectivity index (χ4v) is 13.6. The summed E-state index contributed by atoms with van der Waals surface area (Å²) in [5.41, 5.74) is -0.540. The first-order valence-electron chi connectivity index (χ1n) is 27.3. The summed E-state index contributed by atoms with van der Waals surface area (Å²) in [5.74, 6) is -1.13. The third-order valence-corrected chi connectivity index (χ3v) is 18.3. The number of alkyl halides is 1. The van der Waals surface area contributed by atoms with Gasteiger partial charge in [0.05, 0.1) is 47.2 Å². The average Bonchev–Trinajstić information content (AvgIpc) is 3.85. The van der Waals surface area contributed by atoms with Crippen LogP contribution in [-0.2, 0) is 39.6 Å². The maximum atomic E-state index is 14.9. The molecule has 0 saturated carbocycles. The van der Waals surface area contributed by atoms with Crippen molar-refractivity contribution in [2.75, 3.05) is 59.6 Å². The number of likely N-dealkylation sites (N-methyl/N-ethyl adjacent to an activating group) is 2. The molecular formula is C56H92FN5O12S. The number of carbonyl (C=O) groups excluding carboxylic acids is 1. The fourth-order valence-electron chi connectivity index (χ4n) is 12.7. The number of esters is 1. The molecule has 426 valence electrons. The summed E-state index contributed by atoms with van der Waals surface area (Å²) in [6.07, 6.45) is -2.78. The van der Waals surface area contributed by atoms with Crippen molar-refractivity contribution in [3.63, 3.8) is 0 Å². The Morgan fingerprint density at radius 1 is 1.00 bits per heavy atom. The van der Waals surface area contributed by atoms with Crippen molar-refractivity contribution < 1.29 is 63.1 Å². The predicted molar refractivity (Wildman–Crippen MR) is 287 cm³/mol. The van der Waals surface area contributed by atoms with Gasteiger partial charge in [0.1, 0.15) is 48.8 Å². The number of benzene rings is 1. The summed E-state index contributed by atoms with van der Waals surface area (Å²) in [6, 6.07) is 6.35. The molecule has 1 unspecified atom stereocenters. The van der Waals surface area contributed by atoms with Gasteiger partial charge < -0.3 is 63.8 Å². The lowest BCUT2D eigenvalue weighted by Gasteiger charge is -2.51. The van der Waals surface area contributed by atoms with E-state index in [1.54, 1.807) is 47.9 Å². The van der Waals surface area contributed by atoms with Gasteiger partial charge in [-0.25, -0.2) is 9.07 Å². The normalized spacial score (nSPS) is 40.0. The number of ether oxygens (including phenoxy) is 6. The molecule has 19 heteroatoms. The van der Waals surface area contributed by atoms with E-state index in [9.17, 15) is 34.7 Å². The van der Waals surface area contributed by atoms with Crippen LogP contribution in [0.3, 0.4) is 0 Å². The van der Waals surface area contributed by atoms with Crippen LogP contribution < -0.4 is 0 Å². The van der Waals surface area contributed by atoms with E-state index < -0.39 is 120 Å². The number of carbonyl (C=O) groups is 1. The minimum absolute atomic E-state index is 0.177. The maximum Gasteiger partial charge on any atom is 0.309 e. The number of hydrogen-bond donors (Lipinski definition) is 5. The second-order valence-corrected chi connectivity index (χ2v) is 24.4. The first kappa shape index (κ1) is 61.6. The summed E-state index contributed by atoms with van der Waals surface area (Å²) >= 11 is 1.92. The number of cyclic esters (lactones) is 1. The van der Waals surface area contributed by atoms with Crippen LogP contribution in [0.5, 0.6) is 0 Å². The van der Waals surface area contributed by atoms with Crippen molar-refractivity contribution in [2.45, 2.75) is 204 Å². The number of nitrogens with zero attached hydrogens (tertiary/aromatic N) is 5. The van der Waals surface area contributed by atoms with Crippen LogP contribution >= 0.6 is 11.8 Å². The molecule has 3 fully saturated rings. The van der Waals surface area contributed by atoms with Gasteiger partial charge in [-0.05, 0) is 116 Å². The topological polar surface area (TPSA) is 211 Å². The lowest BCUT2D eigenvalue weighted by atomic mass is 9.68. The molecule has 5 N–H and O–H groups in total. The lowest BCUT2D eigenvalue weighted by molar-refractivity contribution is -0.302. The molecule has 0 spiro atoms. The molecule has 20 atom stereocenters. The number of allylic oxidation sites excluding steroid dienone is 1. The number of hydrogen-bond acceptors (Lipinski definition) is 17. The lowest BCUT2D eigenvalue weighted by Crippen LogP contribution is -2.62. The van der Waals surface area contributed by atoms with E-state index in [1.165, 1.54) is 24.3 Å². The van der Waals surface area contributed by atoms with E-state index >= 15 is 0 Å². The van der Waals surface area contributed by atoms with Crippen LogP contribution in [0.25, 0.3) is 5.57 Å². The Bertz CT molecular complexity index is 2150. The Morgan fingerprint density at radius 2 is 1.69 bits per heavy atom. The summed E-state index contributed by atoms with van der Waals surface area (Å²) in [5, 5.41) is 69.1. The Hall–Kier alpha value is -2.63. The van der Waals surface area contributed by atoms with E-state index in [0.29, 0.717) is 31.6 Å². The Balaban J connectivity index is 1.26. The zero-order valence-electron chi connectivity index (χ0n) is 47.2. The molecule has 2 aromatic rings. The van der Waals surface area contributed by atoms with Gasteiger partial charge in [0.15, 0.2) is 6.29 Å².